The molecule has 1 atom stereocenters. The lowest BCUT2D eigenvalue weighted by Gasteiger charge is -2.32. The second-order valence-electron chi connectivity index (χ2n) is 5.29. The molecule has 1 N–H and O–H groups in total. The number of rotatable bonds is 4. The van der Waals surface area contributed by atoms with Gasteiger partial charge in [0.1, 0.15) is 5.75 Å². The van der Waals surface area contributed by atoms with Crippen molar-refractivity contribution in [1.29, 1.82) is 5.41 Å². The molecule has 0 saturated carbocycles. The molecule has 0 aliphatic carbocycles. The molecule has 4 heteroatoms. The van der Waals surface area contributed by atoms with E-state index in [0.717, 1.165) is 43.2 Å². The SMILES string of the molecule is CN=C(C)C1CCN(Cc2ccc(OC)cc2)CC1=N. The molecule has 0 amide bonds. The minimum absolute atomic E-state index is 0.243. The smallest absolute Gasteiger partial charge is 0.118 e. The summed E-state index contributed by atoms with van der Waals surface area (Å²) in [6, 6.07) is 8.16. The van der Waals surface area contributed by atoms with E-state index in [2.05, 4.69) is 22.0 Å². The largest absolute Gasteiger partial charge is 0.497 e. The second kappa shape index (κ2) is 6.66. The van der Waals surface area contributed by atoms with Crippen LogP contribution in [0.5, 0.6) is 5.75 Å². The van der Waals surface area contributed by atoms with E-state index in [4.69, 9.17) is 10.1 Å². The first-order valence-corrected chi connectivity index (χ1v) is 7.00. The number of benzene rings is 1. The Kier molecular flexibility index (Phi) is 4.90. The molecule has 2 rings (SSSR count). The summed E-state index contributed by atoms with van der Waals surface area (Å²) in [5, 5.41) is 8.20. The van der Waals surface area contributed by atoms with E-state index in [0.29, 0.717) is 0 Å². The number of methoxy groups -OCH3 is 1. The van der Waals surface area contributed by atoms with Crippen LogP contribution in [0.25, 0.3) is 0 Å². The van der Waals surface area contributed by atoms with E-state index in [1.807, 2.05) is 26.1 Å². The molecule has 1 aliphatic rings. The molecule has 1 saturated heterocycles. The molecule has 1 aliphatic heterocycles. The van der Waals surface area contributed by atoms with Gasteiger partial charge >= 0.3 is 0 Å². The van der Waals surface area contributed by atoms with Gasteiger partial charge in [-0.3, -0.25) is 9.89 Å². The van der Waals surface area contributed by atoms with E-state index in [-0.39, 0.29) is 5.92 Å². The predicted octanol–water partition coefficient (Wildman–Crippen LogP) is 2.63. The lowest BCUT2D eigenvalue weighted by atomic mass is 9.90. The zero-order valence-corrected chi connectivity index (χ0v) is 12.5. The van der Waals surface area contributed by atoms with Crippen LogP contribution in [0.3, 0.4) is 0 Å². The van der Waals surface area contributed by atoms with Gasteiger partial charge in [0.05, 0.1) is 7.11 Å². The molecular weight excluding hydrogens is 250 g/mol. The lowest BCUT2D eigenvalue weighted by molar-refractivity contribution is 0.273. The highest BCUT2D eigenvalue weighted by Crippen LogP contribution is 2.19. The molecule has 1 aromatic rings. The van der Waals surface area contributed by atoms with E-state index in [1.165, 1.54) is 5.56 Å². The van der Waals surface area contributed by atoms with Gasteiger partial charge in [0, 0.05) is 37.5 Å². The van der Waals surface area contributed by atoms with Gasteiger partial charge in [0.25, 0.3) is 0 Å². The van der Waals surface area contributed by atoms with Crippen LogP contribution in [0, 0.1) is 11.3 Å². The molecule has 0 radical (unpaired) electrons. The summed E-state index contributed by atoms with van der Waals surface area (Å²) >= 11 is 0. The summed E-state index contributed by atoms with van der Waals surface area (Å²) in [5.74, 6) is 1.13. The first-order chi connectivity index (χ1) is 9.63. The molecule has 4 nitrogen and oxygen atoms in total. The number of nitrogens with zero attached hydrogens (tertiary/aromatic N) is 2. The molecule has 108 valence electrons. The molecule has 1 aromatic carbocycles. The molecular formula is C16H23N3O. The Balaban J connectivity index is 1.94. The summed E-state index contributed by atoms with van der Waals surface area (Å²) in [7, 11) is 3.49. The maximum Gasteiger partial charge on any atom is 0.118 e. The minimum atomic E-state index is 0.243. The van der Waals surface area contributed by atoms with E-state index in [1.54, 1.807) is 7.11 Å². The number of nitrogens with one attached hydrogen (secondary N) is 1. The summed E-state index contributed by atoms with van der Waals surface area (Å²) in [6.45, 7) is 4.68. The number of hydrogen-bond acceptors (Lipinski definition) is 4. The van der Waals surface area contributed by atoms with Crippen molar-refractivity contribution in [3.63, 3.8) is 0 Å². The van der Waals surface area contributed by atoms with E-state index in [9.17, 15) is 0 Å². The Hall–Kier alpha value is -1.68. The fourth-order valence-corrected chi connectivity index (χ4v) is 2.66. The standard InChI is InChI=1S/C16H23N3O/c1-12(18-2)15-8-9-19(11-16(15)17)10-13-4-6-14(20-3)7-5-13/h4-7,15,17H,8-11H2,1-3H3. The number of hydrogen-bond donors (Lipinski definition) is 1. The molecule has 0 bridgehead atoms. The fraction of sp³-hybridized carbons (Fsp3) is 0.500. The maximum absolute atomic E-state index is 8.20. The van der Waals surface area contributed by atoms with Crippen LogP contribution in [0.2, 0.25) is 0 Å². The van der Waals surface area contributed by atoms with Crippen molar-refractivity contribution in [3.05, 3.63) is 29.8 Å². The third-order valence-corrected chi connectivity index (χ3v) is 3.97. The van der Waals surface area contributed by atoms with Crippen molar-refractivity contribution in [2.45, 2.75) is 19.9 Å². The Morgan fingerprint density at radius 2 is 2.10 bits per heavy atom. The molecule has 20 heavy (non-hydrogen) atoms. The number of piperidine rings is 1. The normalized spacial score (nSPS) is 21.1. The summed E-state index contributed by atoms with van der Waals surface area (Å²) in [6.07, 6.45) is 0.998. The highest BCUT2D eigenvalue weighted by molar-refractivity contribution is 6.06. The van der Waals surface area contributed by atoms with Crippen LogP contribution in [0.15, 0.2) is 29.3 Å². The van der Waals surface area contributed by atoms with Crippen molar-refractivity contribution in [2.24, 2.45) is 10.9 Å². The number of aliphatic imine (C=N–C) groups is 1. The van der Waals surface area contributed by atoms with Gasteiger partial charge in [0.2, 0.25) is 0 Å². The van der Waals surface area contributed by atoms with Crippen LogP contribution in [0.4, 0.5) is 0 Å². The molecule has 1 unspecified atom stereocenters. The van der Waals surface area contributed by atoms with Crippen molar-refractivity contribution in [1.82, 2.24) is 4.90 Å². The Morgan fingerprint density at radius 1 is 1.40 bits per heavy atom. The monoisotopic (exact) mass is 273 g/mol. The summed E-state index contributed by atoms with van der Waals surface area (Å²) in [4.78, 5) is 6.56. The minimum Gasteiger partial charge on any atom is -0.497 e. The zero-order valence-electron chi connectivity index (χ0n) is 12.5. The van der Waals surface area contributed by atoms with Gasteiger partial charge in [-0.05, 0) is 37.6 Å². The average molecular weight is 273 g/mol. The first kappa shape index (κ1) is 14.7. The Labute approximate surface area is 121 Å². The summed E-state index contributed by atoms with van der Waals surface area (Å²) < 4.78 is 5.17. The Morgan fingerprint density at radius 3 is 2.65 bits per heavy atom. The van der Waals surface area contributed by atoms with Gasteiger partial charge in [-0.1, -0.05) is 12.1 Å². The number of likely N-dealkylation sites (tertiary alicyclic amines) is 1. The average Bonchev–Trinajstić information content (AvgIpc) is 2.47. The topological polar surface area (TPSA) is 48.7 Å². The van der Waals surface area contributed by atoms with E-state index < -0.39 is 0 Å². The highest BCUT2D eigenvalue weighted by Gasteiger charge is 2.25. The van der Waals surface area contributed by atoms with Crippen molar-refractivity contribution >= 4 is 11.4 Å². The van der Waals surface area contributed by atoms with Crippen molar-refractivity contribution in [3.8, 4) is 5.75 Å². The molecule has 1 heterocycles. The molecule has 0 aromatic heterocycles. The van der Waals surface area contributed by atoms with Crippen molar-refractivity contribution < 1.29 is 4.74 Å². The first-order valence-electron chi connectivity index (χ1n) is 7.00. The summed E-state index contributed by atoms with van der Waals surface area (Å²) in [5.41, 5.74) is 3.13. The lowest BCUT2D eigenvalue weighted by Crippen LogP contribution is -2.42. The van der Waals surface area contributed by atoms with Gasteiger partial charge in [-0.15, -0.1) is 0 Å². The quantitative estimate of drug-likeness (QED) is 0.857. The molecule has 1 fully saturated rings. The predicted molar refractivity (Wildman–Crippen MR) is 83.1 cm³/mol. The third-order valence-electron chi connectivity index (χ3n) is 3.97. The Bertz CT molecular complexity index is 493. The van der Waals surface area contributed by atoms with Crippen LogP contribution < -0.4 is 4.74 Å². The molecule has 0 spiro atoms. The van der Waals surface area contributed by atoms with Gasteiger partial charge in [-0.25, -0.2) is 0 Å². The highest BCUT2D eigenvalue weighted by atomic mass is 16.5. The maximum atomic E-state index is 8.20. The van der Waals surface area contributed by atoms with Gasteiger partial charge in [0.15, 0.2) is 0 Å². The van der Waals surface area contributed by atoms with Crippen LogP contribution >= 0.6 is 0 Å². The van der Waals surface area contributed by atoms with Crippen LogP contribution in [-0.2, 0) is 6.54 Å². The zero-order chi connectivity index (χ0) is 14.5. The van der Waals surface area contributed by atoms with Gasteiger partial charge in [-0.2, -0.15) is 0 Å². The van der Waals surface area contributed by atoms with Crippen LogP contribution in [0.1, 0.15) is 18.9 Å². The number of ether oxygens (including phenoxy) is 1. The van der Waals surface area contributed by atoms with Crippen molar-refractivity contribution in [2.75, 3.05) is 27.2 Å². The van der Waals surface area contributed by atoms with Gasteiger partial charge < -0.3 is 10.1 Å². The fourth-order valence-electron chi connectivity index (χ4n) is 2.66. The van der Waals surface area contributed by atoms with E-state index >= 15 is 0 Å². The third kappa shape index (κ3) is 3.45. The second-order valence-corrected chi connectivity index (χ2v) is 5.29. The van der Waals surface area contributed by atoms with Crippen LogP contribution in [-0.4, -0.2) is 43.6 Å².